The Kier molecular flexibility index (Phi) is 7.64. The lowest BCUT2D eigenvalue weighted by atomic mass is 10.1. The first kappa shape index (κ1) is 24.0. The number of halogens is 2. The van der Waals surface area contributed by atoms with E-state index in [-0.39, 0.29) is 34.4 Å². The Balaban J connectivity index is 1.38. The van der Waals surface area contributed by atoms with E-state index in [0.717, 1.165) is 11.8 Å². The lowest BCUT2D eigenvalue weighted by molar-refractivity contribution is -0.113. The second-order valence-corrected chi connectivity index (χ2v) is 9.14. The van der Waals surface area contributed by atoms with Gasteiger partial charge >= 0.3 is 0 Å². The van der Waals surface area contributed by atoms with Crippen LogP contribution >= 0.6 is 23.4 Å². The molecule has 2 amide bonds. The van der Waals surface area contributed by atoms with Crippen LogP contribution in [0.1, 0.15) is 17.3 Å². The van der Waals surface area contributed by atoms with Gasteiger partial charge in [0.2, 0.25) is 5.91 Å². The highest BCUT2D eigenvalue weighted by Crippen LogP contribution is 2.25. The van der Waals surface area contributed by atoms with Gasteiger partial charge in [-0.2, -0.15) is 0 Å². The minimum atomic E-state index is -0.499. The van der Waals surface area contributed by atoms with E-state index in [1.807, 2.05) is 42.2 Å². The maximum absolute atomic E-state index is 13.7. The molecule has 0 radical (unpaired) electrons. The fourth-order valence-corrected chi connectivity index (χ4v) is 4.59. The number of hydrogen-bond donors (Lipinski definition) is 1. The third-order valence-electron chi connectivity index (χ3n) is 5.37. The molecule has 1 N–H and O–H groups in total. The highest BCUT2D eigenvalue weighted by atomic mass is 35.5. The van der Waals surface area contributed by atoms with Gasteiger partial charge in [-0.05, 0) is 31.2 Å². The van der Waals surface area contributed by atoms with Gasteiger partial charge in [0.1, 0.15) is 16.8 Å². The largest absolute Gasteiger partial charge is 0.353 e. The monoisotopic (exact) mass is 499 g/mol. The molecule has 0 saturated carbocycles. The lowest BCUT2D eigenvalue weighted by Gasteiger charge is -2.40. The average molecular weight is 500 g/mol. The SMILES string of the molecule is CC1CN(c2cc(Cl)nc(SCC(=O)Nc3ccccc3F)n2)CCN1C(=O)c1ccccc1. The minimum absolute atomic E-state index is 0.00384. The number of anilines is 2. The van der Waals surface area contributed by atoms with E-state index in [1.165, 1.54) is 12.1 Å². The zero-order valence-electron chi connectivity index (χ0n) is 18.4. The molecule has 1 aromatic heterocycles. The summed E-state index contributed by atoms with van der Waals surface area (Å²) in [6.45, 7) is 3.72. The fraction of sp³-hybridized carbons (Fsp3) is 0.250. The molecule has 0 spiro atoms. The van der Waals surface area contributed by atoms with E-state index in [9.17, 15) is 14.0 Å². The predicted molar refractivity (Wildman–Crippen MR) is 132 cm³/mol. The molecule has 7 nitrogen and oxygen atoms in total. The number of amides is 2. The number of nitrogens with one attached hydrogen (secondary N) is 1. The summed E-state index contributed by atoms with van der Waals surface area (Å²) in [6.07, 6.45) is 0. The zero-order valence-corrected chi connectivity index (χ0v) is 20.0. The molecule has 1 aliphatic rings. The first-order valence-electron chi connectivity index (χ1n) is 10.7. The first-order valence-corrected chi connectivity index (χ1v) is 12.1. The summed E-state index contributed by atoms with van der Waals surface area (Å²) in [7, 11) is 0. The zero-order chi connectivity index (χ0) is 24.1. The second-order valence-electron chi connectivity index (χ2n) is 7.81. The average Bonchev–Trinajstić information content (AvgIpc) is 2.84. The van der Waals surface area contributed by atoms with Gasteiger partial charge in [-0.15, -0.1) is 0 Å². The van der Waals surface area contributed by atoms with Crippen molar-refractivity contribution in [2.75, 3.05) is 35.6 Å². The molecular weight excluding hydrogens is 477 g/mol. The Morgan fingerprint density at radius 1 is 1.12 bits per heavy atom. The molecule has 10 heteroatoms. The third kappa shape index (κ3) is 5.84. The Labute approximate surface area is 206 Å². The smallest absolute Gasteiger partial charge is 0.254 e. The molecule has 1 aliphatic heterocycles. The summed E-state index contributed by atoms with van der Waals surface area (Å²) < 4.78 is 13.7. The number of carbonyl (C=O) groups excluding carboxylic acids is 2. The van der Waals surface area contributed by atoms with E-state index in [4.69, 9.17) is 11.6 Å². The third-order valence-corrected chi connectivity index (χ3v) is 6.42. The number of carbonyl (C=O) groups is 2. The van der Waals surface area contributed by atoms with Crippen LogP contribution in [0.4, 0.5) is 15.9 Å². The number of nitrogens with zero attached hydrogens (tertiary/aromatic N) is 4. The van der Waals surface area contributed by atoms with E-state index >= 15 is 0 Å². The van der Waals surface area contributed by atoms with Crippen LogP contribution in [0.2, 0.25) is 5.15 Å². The first-order chi connectivity index (χ1) is 16.4. The van der Waals surface area contributed by atoms with Gasteiger partial charge < -0.3 is 15.1 Å². The number of piperazine rings is 1. The van der Waals surface area contributed by atoms with Gasteiger partial charge in [0.05, 0.1) is 11.4 Å². The number of thioether (sulfide) groups is 1. The second kappa shape index (κ2) is 10.8. The number of hydrogen-bond acceptors (Lipinski definition) is 6. The van der Waals surface area contributed by atoms with E-state index in [2.05, 4.69) is 20.2 Å². The van der Waals surface area contributed by atoms with Gasteiger partial charge in [-0.3, -0.25) is 9.59 Å². The highest BCUT2D eigenvalue weighted by Gasteiger charge is 2.29. The van der Waals surface area contributed by atoms with E-state index in [0.29, 0.717) is 36.2 Å². The van der Waals surface area contributed by atoms with Crippen molar-refractivity contribution in [2.45, 2.75) is 18.1 Å². The van der Waals surface area contributed by atoms with Gasteiger partial charge in [0.15, 0.2) is 5.16 Å². The maximum Gasteiger partial charge on any atom is 0.254 e. The predicted octanol–water partition coefficient (Wildman–Crippen LogP) is 4.35. The van der Waals surface area contributed by atoms with Crippen molar-refractivity contribution in [2.24, 2.45) is 0 Å². The summed E-state index contributed by atoms with van der Waals surface area (Å²) >= 11 is 7.34. The summed E-state index contributed by atoms with van der Waals surface area (Å²) in [6, 6.07) is 16.8. The normalized spacial score (nSPS) is 15.8. The number of aromatic nitrogens is 2. The molecule has 1 atom stereocenters. The summed E-state index contributed by atoms with van der Waals surface area (Å²) in [4.78, 5) is 37.8. The molecule has 2 heterocycles. The molecule has 2 aromatic carbocycles. The molecule has 176 valence electrons. The van der Waals surface area contributed by atoms with Crippen LogP contribution in [-0.2, 0) is 4.79 Å². The van der Waals surface area contributed by atoms with Gasteiger partial charge in [0.25, 0.3) is 5.91 Å². The van der Waals surface area contributed by atoms with Crippen LogP contribution in [0, 0.1) is 5.82 Å². The fourth-order valence-electron chi connectivity index (χ4n) is 3.70. The van der Waals surface area contributed by atoms with Crippen LogP contribution in [0.15, 0.2) is 65.8 Å². The Morgan fingerprint density at radius 3 is 2.59 bits per heavy atom. The van der Waals surface area contributed by atoms with Crippen molar-refractivity contribution in [3.8, 4) is 0 Å². The summed E-state index contributed by atoms with van der Waals surface area (Å²) in [5, 5.41) is 3.15. The summed E-state index contributed by atoms with van der Waals surface area (Å²) in [5.74, 6) is -0.228. The number of para-hydroxylation sites is 1. The standard InChI is InChI=1S/C24H23ClFN5O2S/c1-16-14-30(11-12-31(16)23(33)17-7-3-2-4-8-17)21-13-20(25)28-24(29-21)34-15-22(32)27-19-10-6-5-9-18(19)26/h2-10,13,16H,11-12,14-15H2,1H3,(H,27,32). The number of rotatable bonds is 6. The van der Waals surface area contributed by atoms with E-state index < -0.39 is 5.82 Å². The molecule has 1 fully saturated rings. The van der Waals surface area contributed by atoms with Crippen molar-refractivity contribution in [1.29, 1.82) is 0 Å². The Hall–Kier alpha value is -3.17. The van der Waals surface area contributed by atoms with Gasteiger partial charge in [-0.25, -0.2) is 14.4 Å². The molecule has 3 aromatic rings. The highest BCUT2D eigenvalue weighted by molar-refractivity contribution is 7.99. The quantitative estimate of drug-likeness (QED) is 0.308. The van der Waals surface area contributed by atoms with E-state index in [1.54, 1.807) is 18.2 Å². The van der Waals surface area contributed by atoms with Crippen LogP contribution in [0.5, 0.6) is 0 Å². The van der Waals surface area contributed by atoms with Gasteiger partial charge in [-0.1, -0.05) is 53.7 Å². The van der Waals surface area contributed by atoms with Crippen molar-refractivity contribution >= 4 is 46.7 Å². The van der Waals surface area contributed by atoms with Crippen molar-refractivity contribution in [1.82, 2.24) is 14.9 Å². The van der Waals surface area contributed by atoms with Crippen molar-refractivity contribution in [3.63, 3.8) is 0 Å². The molecular formula is C24H23ClFN5O2S. The van der Waals surface area contributed by atoms with Crippen LogP contribution < -0.4 is 10.2 Å². The topological polar surface area (TPSA) is 78.4 Å². The van der Waals surface area contributed by atoms with Crippen LogP contribution in [-0.4, -0.2) is 58.1 Å². The number of benzene rings is 2. The lowest BCUT2D eigenvalue weighted by Crippen LogP contribution is -2.54. The Bertz CT molecular complexity index is 1180. The van der Waals surface area contributed by atoms with Crippen LogP contribution in [0.25, 0.3) is 0 Å². The van der Waals surface area contributed by atoms with Crippen LogP contribution in [0.3, 0.4) is 0 Å². The molecule has 1 saturated heterocycles. The molecule has 1 unspecified atom stereocenters. The molecule has 0 bridgehead atoms. The molecule has 4 rings (SSSR count). The minimum Gasteiger partial charge on any atom is -0.353 e. The molecule has 34 heavy (non-hydrogen) atoms. The van der Waals surface area contributed by atoms with Crippen molar-refractivity contribution < 1.29 is 14.0 Å². The summed E-state index contributed by atoms with van der Waals surface area (Å²) in [5.41, 5.74) is 0.790. The maximum atomic E-state index is 13.7. The Morgan fingerprint density at radius 2 is 1.85 bits per heavy atom. The van der Waals surface area contributed by atoms with Crippen molar-refractivity contribution in [3.05, 3.63) is 77.2 Å². The molecule has 0 aliphatic carbocycles. The van der Waals surface area contributed by atoms with Gasteiger partial charge in [0, 0.05) is 37.3 Å².